The molecule has 2 aromatic carbocycles. The first-order chi connectivity index (χ1) is 15.8. The number of carbonyl (C=O) groups is 1. The Morgan fingerprint density at radius 2 is 1.56 bits per heavy atom. The molecule has 32 heavy (non-hydrogen) atoms. The molecule has 2 aliphatic rings. The zero-order valence-electron chi connectivity index (χ0n) is 18.0. The molecule has 0 unspecified atom stereocenters. The maximum atomic E-state index is 12.7. The van der Waals surface area contributed by atoms with Crippen molar-refractivity contribution in [2.24, 2.45) is 0 Å². The van der Waals surface area contributed by atoms with Crippen LogP contribution < -0.4 is 15.1 Å². The van der Waals surface area contributed by atoms with Gasteiger partial charge in [0.15, 0.2) is 0 Å². The summed E-state index contributed by atoms with van der Waals surface area (Å²) in [4.78, 5) is 26.3. The van der Waals surface area contributed by atoms with Gasteiger partial charge in [-0.1, -0.05) is 12.1 Å². The third-order valence-electron chi connectivity index (χ3n) is 5.98. The Labute approximate surface area is 188 Å². The summed E-state index contributed by atoms with van der Waals surface area (Å²) >= 11 is 0. The van der Waals surface area contributed by atoms with Gasteiger partial charge in [0.25, 0.3) is 5.91 Å². The highest BCUT2D eigenvalue weighted by molar-refractivity contribution is 6.04. The molecule has 0 radical (unpaired) electrons. The Balaban J connectivity index is 1.24. The molecule has 164 valence electrons. The van der Waals surface area contributed by atoms with E-state index < -0.39 is 0 Å². The fourth-order valence-corrected chi connectivity index (χ4v) is 4.15. The zero-order chi connectivity index (χ0) is 21.8. The molecular formula is C25H27N5O2. The van der Waals surface area contributed by atoms with Crippen LogP contribution in [0.4, 0.5) is 17.3 Å². The molecule has 0 bridgehead atoms. The molecule has 7 nitrogen and oxygen atoms in total. The molecule has 7 heteroatoms. The highest BCUT2D eigenvalue weighted by Crippen LogP contribution is 2.23. The minimum absolute atomic E-state index is 0.129. The van der Waals surface area contributed by atoms with Gasteiger partial charge in [0.1, 0.15) is 0 Å². The Morgan fingerprint density at radius 1 is 0.844 bits per heavy atom. The molecule has 0 spiro atoms. The first-order valence-corrected chi connectivity index (χ1v) is 11.2. The molecule has 2 aliphatic heterocycles. The number of benzene rings is 2. The summed E-state index contributed by atoms with van der Waals surface area (Å²) in [5.41, 5.74) is 4.38. The quantitative estimate of drug-likeness (QED) is 0.665. The van der Waals surface area contributed by atoms with Gasteiger partial charge in [-0.2, -0.15) is 0 Å². The number of carbonyl (C=O) groups excluding carboxylic acids is 1. The molecule has 3 heterocycles. The van der Waals surface area contributed by atoms with Crippen molar-refractivity contribution in [1.29, 1.82) is 0 Å². The number of amides is 1. The molecule has 2 fully saturated rings. The lowest BCUT2D eigenvalue weighted by Crippen LogP contribution is -2.36. The van der Waals surface area contributed by atoms with Crippen molar-refractivity contribution in [3.8, 4) is 11.3 Å². The predicted molar refractivity (Wildman–Crippen MR) is 126 cm³/mol. The lowest BCUT2D eigenvalue weighted by molar-refractivity contribution is 0.102. The standard InChI is InChI=1S/C25H27N5O2/c31-24(27-21-7-9-22(10-8-21)29-15-17-32-18-16-29)20-5-3-19(4-6-20)23-11-12-26-25(28-23)30-13-1-2-14-30/h3-12H,1-2,13-18H2,(H,27,31). The summed E-state index contributed by atoms with van der Waals surface area (Å²) < 4.78 is 5.40. The van der Waals surface area contributed by atoms with Crippen molar-refractivity contribution in [2.75, 3.05) is 54.5 Å². The molecule has 0 saturated carbocycles. The van der Waals surface area contributed by atoms with E-state index in [0.717, 1.165) is 68.0 Å². The Kier molecular flexibility index (Phi) is 5.98. The van der Waals surface area contributed by atoms with Crippen LogP contribution in [0, 0.1) is 0 Å². The average Bonchev–Trinajstić information content (AvgIpc) is 3.40. The molecule has 2 saturated heterocycles. The topological polar surface area (TPSA) is 70.6 Å². The second kappa shape index (κ2) is 9.36. The Hall–Kier alpha value is -3.45. The van der Waals surface area contributed by atoms with E-state index in [1.54, 1.807) is 6.20 Å². The number of aromatic nitrogens is 2. The second-order valence-electron chi connectivity index (χ2n) is 8.11. The SMILES string of the molecule is O=C(Nc1ccc(N2CCOCC2)cc1)c1ccc(-c2ccnc(N3CCCC3)n2)cc1. The van der Waals surface area contributed by atoms with Crippen LogP contribution in [0.5, 0.6) is 0 Å². The molecular weight excluding hydrogens is 402 g/mol. The van der Waals surface area contributed by atoms with Crippen LogP contribution in [-0.4, -0.2) is 55.3 Å². The van der Waals surface area contributed by atoms with E-state index in [1.807, 2.05) is 54.6 Å². The lowest BCUT2D eigenvalue weighted by Gasteiger charge is -2.28. The van der Waals surface area contributed by atoms with Gasteiger partial charge < -0.3 is 19.9 Å². The molecule has 5 rings (SSSR count). The number of hydrogen-bond acceptors (Lipinski definition) is 6. The van der Waals surface area contributed by atoms with Crippen molar-refractivity contribution >= 4 is 23.2 Å². The van der Waals surface area contributed by atoms with E-state index >= 15 is 0 Å². The summed E-state index contributed by atoms with van der Waals surface area (Å²) in [6.07, 6.45) is 4.18. The summed E-state index contributed by atoms with van der Waals surface area (Å²) in [6, 6.07) is 17.4. The first kappa shape index (κ1) is 20.5. The third kappa shape index (κ3) is 4.57. The van der Waals surface area contributed by atoms with Crippen LogP contribution in [0.1, 0.15) is 23.2 Å². The molecule has 0 aliphatic carbocycles. The maximum absolute atomic E-state index is 12.7. The van der Waals surface area contributed by atoms with Gasteiger partial charge in [0, 0.05) is 54.9 Å². The van der Waals surface area contributed by atoms with E-state index in [0.29, 0.717) is 5.56 Å². The number of morpholine rings is 1. The third-order valence-corrected chi connectivity index (χ3v) is 5.98. The van der Waals surface area contributed by atoms with Crippen molar-refractivity contribution in [1.82, 2.24) is 9.97 Å². The molecule has 3 aromatic rings. The summed E-state index contributed by atoms with van der Waals surface area (Å²) in [6.45, 7) is 5.31. The summed E-state index contributed by atoms with van der Waals surface area (Å²) in [5, 5.41) is 2.98. The minimum atomic E-state index is -0.129. The fraction of sp³-hybridized carbons (Fsp3) is 0.320. The number of hydrogen-bond donors (Lipinski definition) is 1. The van der Waals surface area contributed by atoms with Gasteiger partial charge in [0.2, 0.25) is 5.95 Å². The monoisotopic (exact) mass is 429 g/mol. The van der Waals surface area contributed by atoms with Gasteiger partial charge in [-0.3, -0.25) is 4.79 Å². The van der Waals surface area contributed by atoms with Gasteiger partial charge in [-0.25, -0.2) is 9.97 Å². The number of nitrogens with zero attached hydrogens (tertiary/aromatic N) is 4. The highest BCUT2D eigenvalue weighted by atomic mass is 16.5. The van der Waals surface area contributed by atoms with Gasteiger partial charge >= 0.3 is 0 Å². The second-order valence-corrected chi connectivity index (χ2v) is 8.11. The molecule has 1 amide bonds. The normalized spacial score (nSPS) is 16.2. The van der Waals surface area contributed by atoms with Crippen molar-refractivity contribution in [2.45, 2.75) is 12.8 Å². The average molecular weight is 430 g/mol. The van der Waals surface area contributed by atoms with E-state index in [4.69, 9.17) is 9.72 Å². The van der Waals surface area contributed by atoms with E-state index in [1.165, 1.54) is 12.8 Å². The van der Waals surface area contributed by atoms with Gasteiger partial charge in [0.05, 0.1) is 18.9 Å². The maximum Gasteiger partial charge on any atom is 0.255 e. The van der Waals surface area contributed by atoms with Crippen LogP contribution in [0.2, 0.25) is 0 Å². The largest absolute Gasteiger partial charge is 0.378 e. The van der Waals surface area contributed by atoms with E-state index in [2.05, 4.69) is 20.1 Å². The van der Waals surface area contributed by atoms with Gasteiger partial charge in [-0.15, -0.1) is 0 Å². The molecule has 1 N–H and O–H groups in total. The van der Waals surface area contributed by atoms with Crippen molar-refractivity contribution in [3.05, 3.63) is 66.4 Å². The predicted octanol–water partition coefficient (Wildman–Crippen LogP) is 3.83. The van der Waals surface area contributed by atoms with Crippen LogP contribution in [0.15, 0.2) is 60.8 Å². The van der Waals surface area contributed by atoms with Crippen LogP contribution in [0.3, 0.4) is 0 Å². The molecule has 0 atom stereocenters. The smallest absolute Gasteiger partial charge is 0.255 e. The molecule has 1 aromatic heterocycles. The fourth-order valence-electron chi connectivity index (χ4n) is 4.15. The lowest BCUT2D eigenvalue weighted by atomic mass is 10.1. The Bertz CT molecular complexity index is 1060. The van der Waals surface area contributed by atoms with Crippen molar-refractivity contribution < 1.29 is 9.53 Å². The van der Waals surface area contributed by atoms with Crippen LogP contribution >= 0.6 is 0 Å². The number of nitrogens with one attached hydrogen (secondary N) is 1. The van der Waals surface area contributed by atoms with Crippen molar-refractivity contribution in [3.63, 3.8) is 0 Å². The number of rotatable bonds is 5. The Morgan fingerprint density at radius 3 is 2.28 bits per heavy atom. The van der Waals surface area contributed by atoms with Crippen LogP contribution in [0.25, 0.3) is 11.3 Å². The number of anilines is 3. The summed E-state index contributed by atoms with van der Waals surface area (Å²) in [5.74, 6) is 0.651. The van der Waals surface area contributed by atoms with Crippen LogP contribution in [-0.2, 0) is 4.74 Å². The van der Waals surface area contributed by atoms with Gasteiger partial charge in [-0.05, 0) is 55.3 Å². The van der Waals surface area contributed by atoms with E-state index in [9.17, 15) is 4.79 Å². The zero-order valence-corrected chi connectivity index (χ0v) is 18.0. The summed E-state index contributed by atoms with van der Waals surface area (Å²) in [7, 11) is 0. The first-order valence-electron chi connectivity index (χ1n) is 11.2. The highest BCUT2D eigenvalue weighted by Gasteiger charge is 2.16. The number of ether oxygens (including phenoxy) is 1. The van der Waals surface area contributed by atoms with E-state index in [-0.39, 0.29) is 5.91 Å². The minimum Gasteiger partial charge on any atom is -0.378 e.